The van der Waals surface area contributed by atoms with Crippen molar-refractivity contribution in [1.82, 2.24) is 15.0 Å². The van der Waals surface area contributed by atoms with Crippen LogP contribution >= 0.6 is 23.4 Å². The standard InChI is InChI=1S/C28H21ClN4O2S/c1-18(20-11-10-19-6-2-3-7-21(19)16-20)31-32-26(34)17-36-28-30-25-9-5-4-8-24(25)27(35)33(28)23-14-12-22(29)13-15-23/h2-16H,17H2,1H3,(H,32,34)/b31-18+. The van der Waals surface area contributed by atoms with E-state index in [1.165, 1.54) is 16.3 Å². The first kappa shape index (κ1) is 23.8. The highest BCUT2D eigenvalue weighted by atomic mass is 35.5. The van der Waals surface area contributed by atoms with Gasteiger partial charge in [-0.25, -0.2) is 10.4 Å². The molecule has 1 amide bonds. The normalized spacial score (nSPS) is 11.7. The number of hydrogen-bond donors (Lipinski definition) is 1. The summed E-state index contributed by atoms with van der Waals surface area (Å²) in [5.41, 5.74) is 5.21. The van der Waals surface area contributed by atoms with Crippen LogP contribution in [0, 0.1) is 0 Å². The van der Waals surface area contributed by atoms with Gasteiger partial charge in [0.15, 0.2) is 5.16 Å². The van der Waals surface area contributed by atoms with Crippen LogP contribution in [0.1, 0.15) is 12.5 Å². The molecule has 0 fully saturated rings. The summed E-state index contributed by atoms with van der Waals surface area (Å²) in [7, 11) is 0. The number of benzene rings is 4. The highest BCUT2D eigenvalue weighted by Gasteiger charge is 2.15. The van der Waals surface area contributed by atoms with Crippen molar-refractivity contribution in [2.75, 3.05) is 5.75 Å². The Morgan fingerprint density at radius 3 is 2.50 bits per heavy atom. The van der Waals surface area contributed by atoms with Crippen molar-refractivity contribution in [2.45, 2.75) is 12.1 Å². The molecule has 1 heterocycles. The van der Waals surface area contributed by atoms with Gasteiger partial charge in [0.05, 0.1) is 28.1 Å². The number of carbonyl (C=O) groups excluding carboxylic acids is 1. The van der Waals surface area contributed by atoms with Gasteiger partial charge in [0.1, 0.15) is 0 Å². The van der Waals surface area contributed by atoms with Crippen LogP contribution in [0.25, 0.3) is 27.4 Å². The van der Waals surface area contributed by atoms with E-state index in [-0.39, 0.29) is 17.2 Å². The van der Waals surface area contributed by atoms with Crippen LogP contribution in [-0.4, -0.2) is 26.9 Å². The van der Waals surface area contributed by atoms with E-state index in [4.69, 9.17) is 11.6 Å². The van der Waals surface area contributed by atoms with Crippen LogP contribution in [0.5, 0.6) is 0 Å². The quantitative estimate of drug-likeness (QED) is 0.134. The highest BCUT2D eigenvalue weighted by Crippen LogP contribution is 2.22. The Labute approximate surface area is 216 Å². The minimum absolute atomic E-state index is 0.0346. The number of hydrogen-bond acceptors (Lipinski definition) is 5. The third kappa shape index (κ3) is 5.03. The molecule has 0 aliphatic heterocycles. The predicted molar refractivity (Wildman–Crippen MR) is 147 cm³/mol. The topological polar surface area (TPSA) is 76.3 Å². The van der Waals surface area contributed by atoms with E-state index in [0.717, 1.165) is 16.3 Å². The first-order chi connectivity index (χ1) is 17.5. The Bertz CT molecular complexity index is 1680. The molecule has 0 unspecified atom stereocenters. The summed E-state index contributed by atoms with van der Waals surface area (Å²) < 4.78 is 1.50. The fourth-order valence-electron chi connectivity index (χ4n) is 3.81. The zero-order chi connectivity index (χ0) is 25.1. The van der Waals surface area contributed by atoms with Gasteiger partial charge in [0, 0.05) is 5.02 Å². The third-order valence-corrected chi connectivity index (χ3v) is 6.87. The maximum absolute atomic E-state index is 13.3. The second-order valence-corrected chi connectivity index (χ2v) is 9.49. The number of nitrogens with one attached hydrogen (secondary N) is 1. The molecule has 5 aromatic rings. The summed E-state index contributed by atoms with van der Waals surface area (Å²) in [6.07, 6.45) is 0. The second-order valence-electron chi connectivity index (χ2n) is 8.11. The van der Waals surface area contributed by atoms with E-state index in [9.17, 15) is 9.59 Å². The van der Waals surface area contributed by atoms with Crippen LogP contribution in [0.3, 0.4) is 0 Å². The Hall–Kier alpha value is -3.94. The van der Waals surface area contributed by atoms with Gasteiger partial charge < -0.3 is 0 Å². The zero-order valence-corrected chi connectivity index (χ0v) is 20.9. The van der Waals surface area contributed by atoms with Gasteiger partial charge >= 0.3 is 0 Å². The molecule has 5 rings (SSSR count). The smallest absolute Gasteiger partial charge is 0.266 e. The average molecular weight is 513 g/mol. The molecule has 0 saturated carbocycles. The Kier molecular flexibility index (Phi) is 6.84. The number of para-hydroxylation sites is 1. The molecule has 8 heteroatoms. The number of hydrazone groups is 1. The zero-order valence-electron chi connectivity index (χ0n) is 19.3. The maximum atomic E-state index is 13.3. The predicted octanol–water partition coefficient (Wildman–Crippen LogP) is 5.82. The van der Waals surface area contributed by atoms with E-state index in [1.54, 1.807) is 42.5 Å². The molecular formula is C28H21ClN4O2S. The monoisotopic (exact) mass is 512 g/mol. The van der Waals surface area contributed by atoms with Crippen molar-refractivity contribution < 1.29 is 4.79 Å². The molecule has 0 saturated heterocycles. The van der Waals surface area contributed by atoms with Crippen molar-refractivity contribution >= 4 is 56.7 Å². The molecule has 0 aliphatic carbocycles. The number of aromatic nitrogens is 2. The molecular weight excluding hydrogens is 492 g/mol. The second kappa shape index (κ2) is 10.4. The van der Waals surface area contributed by atoms with E-state index in [1.807, 2.05) is 49.4 Å². The number of nitrogens with zero attached hydrogens (tertiary/aromatic N) is 3. The molecule has 0 atom stereocenters. The van der Waals surface area contributed by atoms with Gasteiger partial charge in [-0.2, -0.15) is 5.10 Å². The molecule has 0 aliphatic rings. The lowest BCUT2D eigenvalue weighted by molar-refractivity contribution is -0.118. The SMILES string of the molecule is C/C(=N\NC(=O)CSc1nc2ccccc2c(=O)n1-c1ccc(Cl)cc1)c1ccc2ccccc2c1. The highest BCUT2D eigenvalue weighted by molar-refractivity contribution is 7.99. The van der Waals surface area contributed by atoms with E-state index in [0.29, 0.717) is 32.5 Å². The summed E-state index contributed by atoms with van der Waals surface area (Å²) in [5, 5.41) is 7.99. The molecule has 0 bridgehead atoms. The maximum Gasteiger partial charge on any atom is 0.266 e. The summed E-state index contributed by atoms with van der Waals surface area (Å²) in [6, 6.07) is 28.2. The van der Waals surface area contributed by atoms with Gasteiger partial charge in [0.25, 0.3) is 11.5 Å². The Morgan fingerprint density at radius 2 is 1.69 bits per heavy atom. The molecule has 36 heavy (non-hydrogen) atoms. The van der Waals surface area contributed by atoms with Crippen LogP contribution in [0.4, 0.5) is 0 Å². The summed E-state index contributed by atoms with van der Waals surface area (Å²) in [6.45, 7) is 1.85. The fourth-order valence-corrected chi connectivity index (χ4v) is 4.75. The van der Waals surface area contributed by atoms with Crippen molar-refractivity contribution in [3.8, 4) is 5.69 Å². The largest absolute Gasteiger partial charge is 0.272 e. The lowest BCUT2D eigenvalue weighted by Crippen LogP contribution is -2.24. The lowest BCUT2D eigenvalue weighted by Gasteiger charge is -2.13. The molecule has 1 aromatic heterocycles. The third-order valence-electron chi connectivity index (χ3n) is 5.68. The first-order valence-electron chi connectivity index (χ1n) is 11.2. The van der Waals surface area contributed by atoms with E-state index >= 15 is 0 Å². The summed E-state index contributed by atoms with van der Waals surface area (Å²) >= 11 is 7.21. The van der Waals surface area contributed by atoms with E-state index in [2.05, 4.69) is 21.6 Å². The summed E-state index contributed by atoms with van der Waals surface area (Å²) in [5.74, 6) is -0.266. The van der Waals surface area contributed by atoms with Gasteiger partial charge in [-0.15, -0.1) is 0 Å². The molecule has 4 aromatic carbocycles. The minimum Gasteiger partial charge on any atom is -0.272 e. The Morgan fingerprint density at radius 1 is 0.972 bits per heavy atom. The molecule has 1 N–H and O–H groups in total. The van der Waals surface area contributed by atoms with Crippen molar-refractivity contribution in [3.63, 3.8) is 0 Å². The molecule has 0 radical (unpaired) electrons. The van der Waals surface area contributed by atoms with Crippen molar-refractivity contribution in [2.24, 2.45) is 5.10 Å². The van der Waals surface area contributed by atoms with Crippen LogP contribution < -0.4 is 11.0 Å². The number of fused-ring (bicyclic) bond motifs is 2. The van der Waals surface area contributed by atoms with Crippen molar-refractivity contribution in [1.29, 1.82) is 0 Å². The number of thioether (sulfide) groups is 1. The lowest BCUT2D eigenvalue weighted by atomic mass is 10.0. The van der Waals surface area contributed by atoms with Gasteiger partial charge in [-0.05, 0) is 65.7 Å². The molecule has 6 nitrogen and oxygen atoms in total. The van der Waals surface area contributed by atoms with Gasteiger partial charge in [0.2, 0.25) is 0 Å². The van der Waals surface area contributed by atoms with Gasteiger partial charge in [-0.3, -0.25) is 14.2 Å². The number of rotatable bonds is 6. The summed E-state index contributed by atoms with van der Waals surface area (Å²) in [4.78, 5) is 30.6. The number of halogens is 1. The minimum atomic E-state index is -0.301. The van der Waals surface area contributed by atoms with Crippen LogP contribution in [0.15, 0.2) is 106 Å². The van der Waals surface area contributed by atoms with Crippen LogP contribution in [0.2, 0.25) is 5.02 Å². The Balaban J connectivity index is 1.37. The van der Waals surface area contributed by atoms with E-state index < -0.39 is 0 Å². The first-order valence-corrected chi connectivity index (χ1v) is 12.6. The molecule has 178 valence electrons. The van der Waals surface area contributed by atoms with Crippen LogP contribution in [-0.2, 0) is 4.79 Å². The fraction of sp³-hybridized carbons (Fsp3) is 0.0714. The number of amides is 1. The number of carbonyl (C=O) groups is 1. The average Bonchev–Trinajstić information content (AvgIpc) is 2.91. The molecule has 0 spiro atoms. The van der Waals surface area contributed by atoms with Gasteiger partial charge in [-0.1, -0.05) is 71.9 Å². The van der Waals surface area contributed by atoms with Crippen molar-refractivity contribution in [3.05, 3.63) is 112 Å².